The summed E-state index contributed by atoms with van der Waals surface area (Å²) in [6.07, 6.45) is 6.10. The van der Waals surface area contributed by atoms with E-state index in [4.69, 9.17) is 0 Å². The van der Waals surface area contributed by atoms with Gasteiger partial charge >= 0.3 is 0 Å². The molecule has 0 aliphatic carbocycles. The van der Waals surface area contributed by atoms with Crippen molar-refractivity contribution in [3.8, 4) is 0 Å². The van der Waals surface area contributed by atoms with Crippen LogP contribution in [0.1, 0.15) is 19.8 Å². The molecule has 6 heteroatoms. The van der Waals surface area contributed by atoms with Gasteiger partial charge in [0.05, 0.1) is 11.6 Å². The van der Waals surface area contributed by atoms with Crippen molar-refractivity contribution in [2.24, 2.45) is 13.0 Å². The first kappa shape index (κ1) is 13.3. The molecule has 108 valence electrons. The fourth-order valence-corrected chi connectivity index (χ4v) is 2.93. The van der Waals surface area contributed by atoms with Crippen molar-refractivity contribution in [2.45, 2.75) is 19.8 Å². The maximum absolute atomic E-state index is 4.32. The van der Waals surface area contributed by atoms with Gasteiger partial charge in [-0.1, -0.05) is 6.92 Å². The number of nitrogens with zero attached hydrogens (tertiary/aromatic N) is 5. The topological polar surface area (TPSA) is 58.9 Å². The Hall–Kier alpha value is -1.69. The fourth-order valence-electron chi connectivity index (χ4n) is 2.93. The molecule has 1 saturated heterocycles. The van der Waals surface area contributed by atoms with E-state index in [0.29, 0.717) is 0 Å². The van der Waals surface area contributed by atoms with Crippen molar-refractivity contribution < 1.29 is 0 Å². The van der Waals surface area contributed by atoms with Gasteiger partial charge in [0.2, 0.25) is 0 Å². The van der Waals surface area contributed by atoms with Gasteiger partial charge in [-0.2, -0.15) is 5.10 Å². The van der Waals surface area contributed by atoms with E-state index in [-0.39, 0.29) is 0 Å². The number of anilines is 1. The van der Waals surface area contributed by atoms with Crippen LogP contribution in [0.3, 0.4) is 0 Å². The molecule has 0 radical (unpaired) electrons. The molecule has 6 nitrogen and oxygen atoms in total. The molecule has 0 amide bonds. The Bertz CT molecular complexity index is 578. The van der Waals surface area contributed by atoms with Gasteiger partial charge < -0.3 is 10.2 Å². The second-order valence-corrected chi connectivity index (χ2v) is 5.70. The lowest BCUT2D eigenvalue weighted by atomic mass is 10.0. The second kappa shape index (κ2) is 5.75. The number of piperidine rings is 1. The summed E-state index contributed by atoms with van der Waals surface area (Å²) in [5, 5.41) is 8.63. The molecule has 1 N–H and O–H groups in total. The Morgan fingerprint density at radius 3 is 3.15 bits per heavy atom. The average Bonchev–Trinajstić information content (AvgIpc) is 2.82. The quantitative estimate of drug-likeness (QED) is 0.915. The highest BCUT2D eigenvalue weighted by Crippen LogP contribution is 2.18. The molecule has 0 spiro atoms. The molecular weight excluding hydrogens is 252 g/mol. The average molecular weight is 274 g/mol. The minimum atomic E-state index is 0.827. The normalized spacial score (nSPS) is 20.4. The van der Waals surface area contributed by atoms with Crippen LogP contribution in [0.5, 0.6) is 0 Å². The molecule has 1 aliphatic heterocycles. The summed E-state index contributed by atoms with van der Waals surface area (Å²) in [7, 11) is 1.90. The van der Waals surface area contributed by atoms with E-state index in [1.54, 1.807) is 11.0 Å². The van der Waals surface area contributed by atoms with Crippen LogP contribution in [0.25, 0.3) is 11.0 Å². The van der Waals surface area contributed by atoms with Gasteiger partial charge in [0.15, 0.2) is 5.65 Å². The molecule has 3 rings (SSSR count). The third-order valence-electron chi connectivity index (χ3n) is 3.99. The Morgan fingerprint density at radius 2 is 2.30 bits per heavy atom. The van der Waals surface area contributed by atoms with Crippen molar-refractivity contribution in [1.82, 2.24) is 24.6 Å². The first-order valence-corrected chi connectivity index (χ1v) is 7.33. The summed E-state index contributed by atoms with van der Waals surface area (Å²) in [6, 6.07) is 0. The number of nitrogens with one attached hydrogen (secondary N) is 1. The monoisotopic (exact) mass is 274 g/mol. The largest absolute Gasteiger partial charge is 0.368 e. The number of hydrogen-bond acceptors (Lipinski definition) is 5. The number of rotatable bonds is 4. The SMILES string of the molecule is C[C@H]1CCCN(CCNc2ncnc3c2cnn3C)C1. The lowest BCUT2D eigenvalue weighted by molar-refractivity contribution is 0.190. The molecule has 20 heavy (non-hydrogen) atoms. The highest BCUT2D eigenvalue weighted by Gasteiger charge is 2.15. The standard InChI is InChI=1S/C14H22N6/c1-11-4-3-6-20(9-11)7-5-15-13-12-8-18-19(2)14(12)17-10-16-13/h8,10-11H,3-7,9H2,1-2H3,(H,15,16,17)/t11-/m0/s1. The van der Waals surface area contributed by atoms with Crippen molar-refractivity contribution >= 4 is 16.9 Å². The number of fused-ring (bicyclic) bond motifs is 1. The maximum Gasteiger partial charge on any atom is 0.163 e. The Labute approximate surface area is 119 Å². The molecule has 0 saturated carbocycles. The summed E-state index contributed by atoms with van der Waals surface area (Å²) >= 11 is 0. The summed E-state index contributed by atoms with van der Waals surface area (Å²) in [4.78, 5) is 11.1. The zero-order chi connectivity index (χ0) is 13.9. The molecule has 0 unspecified atom stereocenters. The molecule has 2 aromatic heterocycles. The smallest absolute Gasteiger partial charge is 0.163 e. The third kappa shape index (κ3) is 2.75. The Balaban J connectivity index is 1.60. The highest BCUT2D eigenvalue weighted by atomic mass is 15.3. The van der Waals surface area contributed by atoms with Crippen LogP contribution < -0.4 is 5.32 Å². The van der Waals surface area contributed by atoms with Gasteiger partial charge in [-0.15, -0.1) is 0 Å². The van der Waals surface area contributed by atoms with E-state index in [0.717, 1.165) is 35.9 Å². The van der Waals surface area contributed by atoms with Gasteiger partial charge in [-0.3, -0.25) is 4.68 Å². The Kier molecular flexibility index (Phi) is 3.82. The van der Waals surface area contributed by atoms with Crippen LogP contribution >= 0.6 is 0 Å². The lowest BCUT2D eigenvalue weighted by Crippen LogP contribution is -2.37. The van der Waals surface area contributed by atoms with Crippen molar-refractivity contribution in [1.29, 1.82) is 0 Å². The van der Waals surface area contributed by atoms with Gasteiger partial charge in [-0.05, 0) is 25.3 Å². The summed E-state index contributed by atoms with van der Waals surface area (Å²) in [5.74, 6) is 1.71. The molecule has 2 aromatic rings. The minimum Gasteiger partial charge on any atom is -0.368 e. The molecule has 0 bridgehead atoms. The first-order valence-electron chi connectivity index (χ1n) is 7.33. The van der Waals surface area contributed by atoms with E-state index in [1.807, 2.05) is 13.2 Å². The predicted molar refractivity (Wildman–Crippen MR) is 79.6 cm³/mol. The minimum absolute atomic E-state index is 0.827. The van der Waals surface area contributed by atoms with Crippen molar-refractivity contribution in [3.05, 3.63) is 12.5 Å². The van der Waals surface area contributed by atoms with Crippen LogP contribution in [-0.4, -0.2) is 50.8 Å². The fraction of sp³-hybridized carbons (Fsp3) is 0.643. The van der Waals surface area contributed by atoms with Crippen LogP contribution in [0.4, 0.5) is 5.82 Å². The van der Waals surface area contributed by atoms with Crippen LogP contribution in [-0.2, 0) is 7.05 Å². The summed E-state index contributed by atoms with van der Waals surface area (Å²) < 4.78 is 1.77. The van der Waals surface area contributed by atoms with E-state index < -0.39 is 0 Å². The van der Waals surface area contributed by atoms with Gasteiger partial charge in [0.1, 0.15) is 12.1 Å². The zero-order valence-corrected chi connectivity index (χ0v) is 12.2. The summed E-state index contributed by atoms with van der Waals surface area (Å²) in [6.45, 7) is 6.75. The number of likely N-dealkylation sites (tertiary alicyclic amines) is 1. The van der Waals surface area contributed by atoms with Crippen molar-refractivity contribution in [3.63, 3.8) is 0 Å². The van der Waals surface area contributed by atoms with Gasteiger partial charge in [0.25, 0.3) is 0 Å². The second-order valence-electron chi connectivity index (χ2n) is 5.70. The lowest BCUT2D eigenvalue weighted by Gasteiger charge is -2.30. The zero-order valence-electron chi connectivity index (χ0n) is 12.2. The van der Waals surface area contributed by atoms with Crippen LogP contribution in [0.15, 0.2) is 12.5 Å². The van der Waals surface area contributed by atoms with Crippen molar-refractivity contribution in [2.75, 3.05) is 31.5 Å². The maximum atomic E-state index is 4.32. The number of hydrogen-bond donors (Lipinski definition) is 1. The predicted octanol–water partition coefficient (Wildman–Crippen LogP) is 1.51. The van der Waals surface area contributed by atoms with Gasteiger partial charge in [0, 0.05) is 26.7 Å². The molecule has 1 atom stereocenters. The van der Waals surface area contributed by atoms with Gasteiger partial charge in [-0.25, -0.2) is 9.97 Å². The first-order chi connectivity index (χ1) is 9.74. The molecule has 1 aliphatic rings. The third-order valence-corrected chi connectivity index (χ3v) is 3.99. The molecule has 3 heterocycles. The highest BCUT2D eigenvalue weighted by molar-refractivity contribution is 5.85. The van der Waals surface area contributed by atoms with Crippen LogP contribution in [0, 0.1) is 5.92 Å². The number of aromatic nitrogens is 4. The molecule has 1 fully saturated rings. The Morgan fingerprint density at radius 1 is 1.40 bits per heavy atom. The molecule has 0 aromatic carbocycles. The summed E-state index contributed by atoms with van der Waals surface area (Å²) in [5.41, 5.74) is 0.870. The molecular formula is C14H22N6. The van der Waals surface area contributed by atoms with E-state index in [1.165, 1.54) is 25.9 Å². The van der Waals surface area contributed by atoms with Crippen LogP contribution in [0.2, 0.25) is 0 Å². The number of aryl methyl sites for hydroxylation is 1. The van der Waals surface area contributed by atoms with E-state index in [9.17, 15) is 0 Å². The van der Waals surface area contributed by atoms with E-state index >= 15 is 0 Å². The van der Waals surface area contributed by atoms with E-state index in [2.05, 4.69) is 32.2 Å².